The van der Waals surface area contributed by atoms with Crippen molar-refractivity contribution >= 4 is 33.2 Å². The molecule has 0 fully saturated rings. The zero-order valence-corrected chi connectivity index (χ0v) is 18.5. The van der Waals surface area contributed by atoms with Gasteiger partial charge in [-0.05, 0) is 60.5 Å². The maximum Gasteiger partial charge on any atom is 0.238 e. The maximum atomic E-state index is 11.3. The van der Waals surface area contributed by atoms with E-state index < -0.39 is 10.0 Å². The second-order valence-electron chi connectivity index (χ2n) is 6.79. The smallest absolute Gasteiger partial charge is 0.238 e. The molecule has 3 rings (SSSR count). The number of ether oxygens (including phenoxy) is 1. The molecule has 0 saturated carbocycles. The van der Waals surface area contributed by atoms with Crippen LogP contribution in [-0.2, 0) is 29.6 Å². The van der Waals surface area contributed by atoms with E-state index in [2.05, 4.69) is 5.32 Å². The van der Waals surface area contributed by atoms with Gasteiger partial charge in [-0.3, -0.25) is 0 Å². The van der Waals surface area contributed by atoms with E-state index in [-0.39, 0.29) is 4.90 Å². The molecule has 0 atom stereocenters. The molecule has 0 heterocycles. The van der Waals surface area contributed by atoms with Crippen LogP contribution in [0.2, 0.25) is 10.0 Å². The average Bonchev–Trinajstić information content (AvgIpc) is 2.71. The number of nitrogens with two attached hydrogens (primary N) is 1. The Morgan fingerprint density at radius 1 is 0.933 bits per heavy atom. The van der Waals surface area contributed by atoms with Gasteiger partial charge in [0, 0.05) is 22.2 Å². The highest BCUT2D eigenvalue weighted by Crippen LogP contribution is 2.23. The van der Waals surface area contributed by atoms with Gasteiger partial charge < -0.3 is 10.1 Å². The Labute approximate surface area is 186 Å². The molecule has 0 unspecified atom stereocenters. The first kappa shape index (κ1) is 22.6. The minimum absolute atomic E-state index is 0.121. The SMILES string of the molecule is NS(=O)(=O)c1ccc(CCNCc2cccc(OCc3ccc(Cl)cc3Cl)c2)cc1. The van der Waals surface area contributed by atoms with Crippen LogP contribution in [-0.4, -0.2) is 15.0 Å². The van der Waals surface area contributed by atoms with Gasteiger partial charge >= 0.3 is 0 Å². The minimum atomic E-state index is -3.65. The lowest BCUT2D eigenvalue weighted by atomic mass is 10.1. The third-order valence-corrected chi connectivity index (χ3v) is 6.00. The van der Waals surface area contributed by atoms with Crippen LogP contribution in [0, 0.1) is 0 Å². The predicted octanol–water partition coefficient (Wildman–Crippen LogP) is 4.55. The quantitative estimate of drug-likeness (QED) is 0.455. The molecular formula is C22H22Cl2N2O3S. The highest BCUT2D eigenvalue weighted by atomic mass is 35.5. The molecule has 3 aromatic carbocycles. The summed E-state index contributed by atoms with van der Waals surface area (Å²) in [7, 11) is -3.65. The highest BCUT2D eigenvalue weighted by Gasteiger charge is 2.07. The van der Waals surface area contributed by atoms with Crippen molar-refractivity contribution < 1.29 is 13.2 Å². The molecule has 0 amide bonds. The zero-order chi connectivity index (χ0) is 21.6. The summed E-state index contributed by atoms with van der Waals surface area (Å²) in [6.07, 6.45) is 0.774. The first-order chi connectivity index (χ1) is 14.3. The molecule has 3 N–H and O–H groups in total. The van der Waals surface area contributed by atoms with Crippen molar-refractivity contribution in [1.29, 1.82) is 0 Å². The summed E-state index contributed by atoms with van der Waals surface area (Å²) in [5, 5.41) is 9.66. The summed E-state index contributed by atoms with van der Waals surface area (Å²) in [4.78, 5) is 0.121. The lowest BCUT2D eigenvalue weighted by Crippen LogP contribution is -2.17. The number of rotatable bonds is 9. The Balaban J connectivity index is 1.47. The lowest BCUT2D eigenvalue weighted by Gasteiger charge is -2.10. The van der Waals surface area contributed by atoms with Crippen LogP contribution in [0.5, 0.6) is 5.75 Å². The molecule has 0 saturated heterocycles. The molecule has 0 bridgehead atoms. The predicted molar refractivity (Wildman–Crippen MR) is 120 cm³/mol. The average molecular weight is 465 g/mol. The third kappa shape index (κ3) is 6.72. The molecule has 0 radical (unpaired) electrons. The number of halogens is 2. The normalized spacial score (nSPS) is 11.4. The van der Waals surface area contributed by atoms with E-state index in [0.29, 0.717) is 23.2 Å². The first-order valence-corrected chi connectivity index (χ1v) is 11.6. The molecule has 8 heteroatoms. The molecule has 0 aliphatic heterocycles. The summed E-state index contributed by atoms with van der Waals surface area (Å²) < 4.78 is 28.4. The Morgan fingerprint density at radius 2 is 1.70 bits per heavy atom. The van der Waals surface area contributed by atoms with E-state index in [1.807, 2.05) is 30.3 Å². The van der Waals surface area contributed by atoms with Gasteiger partial charge in [0.2, 0.25) is 10.0 Å². The molecule has 0 spiro atoms. The fourth-order valence-corrected chi connectivity index (χ4v) is 3.83. The van der Waals surface area contributed by atoms with Crippen molar-refractivity contribution in [3.05, 3.63) is 93.5 Å². The molecule has 3 aromatic rings. The molecule has 158 valence electrons. The summed E-state index contributed by atoms with van der Waals surface area (Å²) in [6.45, 7) is 1.80. The van der Waals surface area contributed by atoms with Gasteiger partial charge in [-0.1, -0.05) is 53.5 Å². The van der Waals surface area contributed by atoms with Crippen molar-refractivity contribution in [1.82, 2.24) is 5.32 Å². The van der Waals surface area contributed by atoms with Crippen LogP contribution < -0.4 is 15.2 Å². The van der Waals surface area contributed by atoms with E-state index in [0.717, 1.165) is 35.4 Å². The summed E-state index contributed by atoms with van der Waals surface area (Å²) >= 11 is 12.1. The third-order valence-electron chi connectivity index (χ3n) is 4.48. The topological polar surface area (TPSA) is 81.4 Å². The zero-order valence-electron chi connectivity index (χ0n) is 16.1. The van der Waals surface area contributed by atoms with E-state index in [9.17, 15) is 8.42 Å². The fourth-order valence-electron chi connectivity index (χ4n) is 2.86. The Bertz CT molecular complexity index is 1100. The van der Waals surface area contributed by atoms with Crippen molar-refractivity contribution in [2.75, 3.05) is 6.54 Å². The molecular weight excluding hydrogens is 443 g/mol. The van der Waals surface area contributed by atoms with E-state index >= 15 is 0 Å². The summed E-state index contributed by atoms with van der Waals surface area (Å²) in [5.41, 5.74) is 3.00. The van der Waals surface area contributed by atoms with Gasteiger partial charge in [-0.25, -0.2) is 13.6 Å². The Morgan fingerprint density at radius 3 is 2.40 bits per heavy atom. The van der Waals surface area contributed by atoms with Crippen molar-refractivity contribution in [2.24, 2.45) is 5.14 Å². The lowest BCUT2D eigenvalue weighted by molar-refractivity contribution is 0.306. The van der Waals surface area contributed by atoms with Gasteiger partial charge in [0.05, 0.1) is 4.90 Å². The standard InChI is InChI=1S/C22H22Cl2N2O3S/c23-19-7-6-18(22(24)13-19)15-29-20-3-1-2-17(12-20)14-26-11-10-16-4-8-21(9-5-16)30(25,27)28/h1-9,12-13,26H,10-11,14-15H2,(H2,25,27,28). The van der Waals surface area contributed by atoms with Crippen LogP contribution >= 0.6 is 23.2 Å². The number of benzene rings is 3. The van der Waals surface area contributed by atoms with Crippen molar-refractivity contribution in [2.45, 2.75) is 24.5 Å². The van der Waals surface area contributed by atoms with Crippen LogP contribution in [0.4, 0.5) is 0 Å². The minimum Gasteiger partial charge on any atom is -0.489 e. The van der Waals surface area contributed by atoms with Crippen LogP contribution in [0.25, 0.3) is 0 Å². The van der Waals surface area contributed by atoms with Crippen molar-refractivity contribution in [3.63, 3.8) is 0 Å². The van der Waals surface area contributed by atoms with E-state index in [4.69, 9.17) is 33.1 Å². The largest absolute Gasteiger partial charge is 0.489 e. The number of nitrogens with one attached hydrogen (secondary N) is 1. The second-order valence-corrected chi connectivity index (χ2v) is 9.19. The van der Waals surface area contributed by atoms with Gasteiger partial charge in [0.1, 0.15) is 12.4 Å². The number of sulfonamides is 1. The number of hydrogen-bond donors (Lipinski definition) is 2. The molecule has 5 nitrogen and oxygen atoms in total. The summed E-state index contributed by atoms with van der Waals surface area (Å²) in [5.74, 6) is 0.763. The van der Waals surface area contributed by atoms with Gasteiger partial charge in [-0.15, -0.1) is 0 Å². The van der Waals surface area contributed by atoms with Crippen molar-refractivity contribution in [3.8, 4) is 5.75 Å². The number of hydrogen-bond acceptors (Lipinski definition) is 4. The van der Waals surface area contributed by atoms with Gasteiger partial charge in [0.25, 0.3) is 0 Å². The van der Waals surface area contributed by atoms with E-state index in [1.165, 1.54) is 12.1 Å². The molecule has 0 aliphatic carbocycles. The Kier molecular flexibility index (Phi) is 7.75. The monoisotopic (exact) mass is 464 g/mol. The first-order valence-electron chi connectivity index (χ1n) is 9.29. The second kappa shape index (κ2) is 10.3. The molecule has 0 aromatic heterocycles. The maximum absolute atomic E-state index is 11.3. The van der Waals surface area contributed by atoms with Crippen LogP contribution in [0.1, 0.15) is 16.7 Å². The van der Waals surface area contributed by atoms with Crippen LogP contribution in [0.3, 0.4) is 0 Å². The number of primary sulfonamides is 1. The fraction of sp³-hybridized carbons (Fsp3) is 0.182. The van der Waals surface area contributed by atoms with Crippen LogP contribution in [0.15, 0.2) is 71.6 Å². The van der Waals surface area contributed by atoms with Gasteiger partial charge in [0.15, 0.2) is 0 Å². The highest BCUT2D eigenvalue weighted by molar-refractivity contribution is 7.89. The summed E-state index contributed by atoms with van der Waals surface area (Å²) in [6, 6.07) is 19.8. The molecule has 30 heavy (non-hydrogen) atoms. The van der Waals surface area contributed by atoms with Gasteiger partial charge in [-0.2, -0.15) is 0 Å². The van der Waals surface area contributed by atoms with E-state index in [1.54, 1.807) is 24.3 Å². The Hall–Kier alpha value is -2.09. The molecule has 0 aliphatic rings.